The van der Waals surface area contributed by atoms with Gasteiger partial charge in [0, 0.05) is 11.9 Å². The SMILES string of the molecule is Fc1ccc(CNc2snc3ccccc23)cc1. The first kappa shape index (κ1) is 11.2. The zero-order valence-corrected chi connectivity index (χ0v) is 10.4. The molecule has 0 saturated carbocycles. The minimum atomic E-state index is -0.206. The molecule has 0 radical (unpaired) electrons. The number of halogens is 1. The zero-order chi connectivity index (χ0) is 12.4. The number of hydrogen-bond acceptors (Lipinski definition) is 3. The number of anilines is 1. The molecule has 0 fully saturated rings. The molecular formula is C14H11FN2S. The van der Waals surface area contributed by atoms with E-state index in [1.165, 1.54) is 23.7 Å². The van der Waals surface area contributed by atoms with Crippen molar-refractivity contribution in [3.63, 3.8) is 0 Å². The summed E-state index contributed by atoms with van der Waals surface area (Å²) in [4.78, 5) is 0. The minimum Gasteiger partial charge on any atom is -0.371 e. The van der Waals surface area contributed by atoms with Gasteiger partial charge in [0.25, 0.3) is 0 Å². The molecule has 1 heterocycles. The van der Waals surface area contributed by atoms with Gasteiger partial charge in [-0.15, -0.1) is 0 Å². The Balaban J connectivity index is 1.79. The number of fused-ring (bicyclic) bond motifs is 1. The van der Waals surface area contributed by atoms with Crippen molar-refractivity contribution in [1.82, 2.24) is 4.37 Å². The summed E-state index contributed by atoms with van der Waals surface area (Å²) in [5, 5.41) is 5.52. The lowest BCUT2D eigenvalue weighted by Crippen LogP contribution is -1.97. The summed E-state index contributed by atoms with van der Waals surface area (Å²) in [6.07, 6.45) is 0. The molecule has 1 aromatic heterocycles. The van der Waals surface area contributed by atoms with Crippen molar-refractivity contribution in [3.05, 3.63) is 59.9 Å². The lowest BCUT2D eigenvalue weighted by Gasteiger charge is -2.04. The highest BCUT2D eigenvalue weighted by atomic mass is 32.1. The number of rotatable bonds is 3. The molecule has 3 aromatic rings. The quantitative estimate of drug-likeness (QED) is 0.766. The van der Waals surface area contributed by atoms with Gasteiger partial charge in [0.15, 0.2) is 0 Å². The van der Waals surface area contributed by atoms with Crippen LogP contribution in [0.5, 0.6) is 0 Å². The summed E-state index contributed by atoms with van der Waals surface area (Å²) in [6, 6.07) is 14.5. The molecule has 0 aliphatic rings. The average molecular weight is 258 g/mol. The van der Waals surface area contributed by atoms with Crippen molar-refractivity contribution in [2.45, 2.75) is 6.54 Å². The van der Waals surface area contributed by atoms with Crippen LogP contribution in [0.1, 0.15) is 5.56 Å². The third kappa shape index (κ3) is 2.19. The molecule has 0 aliphatic carbocycles. The fourth-order valence-electron chi connectivity index (χ4n) is 1.80. The number of nitrogens with one attached hydrogen (secondary N) is 1. The van der Waals surface area contributed by atoms with E-state index < -0.39 is 0 Å². The summed E-state index contributed by atoms with van der Waals surface area (Å²) in [5.74, 6) is -0.206. The molecule has 0 amide bonds. The van der Waals surface area contributed by atoms with Crippen LogP contribution in [0, 0.1) is 5.82 Å². The van der Waals surface area contributed by atoms with E-state index in [0.717, 1.165) is 21.5 Å². The first-order chi connectivity index (χ1) is 8.83. The Kier molecular flexibility index (Phi) is 2.94. The number of benzene rings is 2. The van der Waals surface area contributed by atoms with E-state index >= 15 is 0 Å². The van der Waals surface area contributed by atoms with Crippen LogP contribution in [0.25, 0.3) is 10.9 Å². The van der Waals surface area contributed by atoms with Crippen LogP contribution in [-0.4, -0.2) is 4.37 Å². The van der Waals surface area contributed by atoms with Gasteiger partial charge in [0.05, 0.1) is 5.52 Å². The Labute approximate surface area is 108 Å². The van der Waals surface area contributed by atoms with Gasteiger partial charge in [-0.3, -0.25) is 0 Å². The van der Waals surface area contributed by atoms with Crippen molar-refractivity contribution >= 4 is 27.4 Å². The number of nitrogens with zero attached hydrogens (tertiary/aromatic N) is 1. The predicted molar refractivity (Wildman–Crippen MR) is 73.3 cm³/mol. The van der Waals surface area contributed by atoms with Gasteiger partial charge in [-0.25, -0.2) is 4.39 Å². The standard InChI is InChI=1S/C14H11FN2S/c15-11-7-5-10(6-8-11)9-16-14-12-3-1-2-4-13(12)17-18-14/h1-8,16H,9H2. The maximum Gasteiger partial charge on any atom is 0.123 e. The van der Waals surface area contributed by atoms with Crippen molar-refractivity contribution in [2.24, 2.45) is 0 Å². The van der Waals surface area contributed by atoms with Crippen LogP contribution in [0.2, 0.25) is 0 Å². The maximum atomic E-state index is 12.8. The summed E-state index contributed by atoms with van der Waals surface area (Å²) in [6.45, 7) is 0.673. The summed E-state index contributed by atoms with van der Waals surface area (Å²) >= 11 is 1.45. The lowest BCUT2D eigenvalue weighted by molar-refractivity contribution is 0.627. The highest BCUT2D eigenvalue weighted by Crippen LogP contribution is 2.27. The van der Waals surface area contributed by atoms with Crippen molar-refractivity contribution in [1.29, 1.82) is 0 Å². The predicted octanol–water partition coefficient (Wildman–Crippen LogP) is 4.05. The first-order valence-corrected chi connectivity index (χ1v) is 6.43. The highest BCUT2D eigenvalue weighted by Gasteiger charge is 2.04. The molecule has 18 heavy (non-hydrogen) atoms. The molecule has 3 rings (SSSR count). The Morgan fingerprint density at radius 3 is 2.67 bits per heavy atom. The van der Waals surface area contributed by atoms with Crippen LogP contribution in [0.15, 0.2) is 48.5 Å². The Morgan fingerprint density at radius 2 is 1.83 bits per heavy atom. The third-order valence-corrected chi connectivity index (χ3v) is 3.59. The number of hydrogen-bond donors (Lipinski definition) is 1. The van der Waals surface area contributed by atoms with Crippen LogP contribution in [0.3, 0.4) is 0 Å². The van der Waals surface area contributed by atoms with Crippen LogP contribution in [0.4, 0.5) is 9.39 Å². The van der Waals surface area contributed by atoms with E-state index in [1.54, 1.807) is 12.1 Å². The van der Waals surface area contributed by atoms with E-state index in [9.17, 15) is 4.39 Å². The second kappa shape index (κ2) is 4.74. The Hall–Kier alpha value is -1.94. The monoisotopic (exact) mass is 258 g/mol. The second-order valence-corrected chi connectivity index (χ2v) is 4.78. The summed E-state index contributed by atoms with van der Waals surface area (Å²) < 4.78 is 17.1. The molecule has 0 spiro atoms. The third-order valence-electron chi connectivity index (χ3n) is 2.75. The second-order valence-electron chi connectivity index (χ2n) is 4.01. The normalized spacial score (nSPS) is 10.7. The molecule has 1 N–H and O–H groups in total. The van der Waals surface area contributed by atoms with Gasteiger partial charge in [0.2, 0.25) is 0 Å². The van der Waals surface area contributed by atoms with Crippen molar-refractivity contribution < 1.29 is 4.39 Å². The maximum absolute atomic E-state index is 12.8. The van der Waals surface area contributed by atoms with Crippen molar-refractivity contribution in [2.75, 3.05) is 5.32 Å². The minimum absolute atomic E-state index is 0.206. The smallest absolute Gasteiger partial charge is 0.123 e. The van der Waals surface area contributed by atoms with Crippen LogP contribution < -0.4 is 5.32 Å². The molecule has 0 atom stereocenters. The lowest BCUT2D eigenvalue weighted by atomic mass is 10.2. The van der Waals surface area contributed by atoms with E-state index in [-0.39, 0.29) is 5.82 Å². The molecule has 0 unspecified atom stereocenters. The number of aromatic nitrogens is 1. The van der Waals surface area contributed by atoms with Crippen LogP contribution in [-0.2, 0) is 6.54 Å². The Bertz CT molecular complexity index is 661. The molecule has 2 aromatic carbocycles. The molecule has 90 valence electrons. The molecule has 0 saturated heterocycles. The van der Waals surface area contributed by atoms with Gasteiger partial charge in [0.1, 0.15) is 10.8 Å². The summed E-state index contributed by atoms with van der Waals surface area (Å²) in [5.41, 5.74) is 2.05. The van der Waals surface area contributed by atoms with Crippen molar-refractivity contribution in [3.8, 4) is 0 Å². The molecule has 2 nitrogen and oxygen atoms in total. The van der Waals surface area contributed by atoms with Gasteiger partial charge >= 0.3 is 0 Å². The summed E-state index contributed by atoms with van der Waals surface area (Å²) in [7, 11) is 0. The average Bonchev–Trinajstić information content (AvgIpc) is 2.82. The van der Waals surface area contributed by atoms with Gasteiger partial charge < -0.3 is 5.32 Å². The van der Waals surface area contributed by atoms with E-state index in [4.69, 9.17) is 0 Å². The first-order valence-electron chi connectivity index (χ1n) is 5.66. The zero-order valence-electron chi connectivity index (χ0n) is 9.56. The van der Waals surface area contributed by atoms with Crippen LogP contribution >= 0.6 is 11.5 Å². The Morgan fingerprint density at radius 1 is 1.06 bits per heavy atom. The highest BCUT2D eigenvalue weighted by molar-refractivity contribution is 7.11. The van der Waals surface area contributed by atoms with Gasteiger partial charge in [-0.05, 0) is 41.4 Å². The van der Waals surface area contributed by atoms with E-state index in [1.807, 2.05) is 24.3 Å². The van der Waals surface area contributed by atoms with E-state index in [0.29, 0.717) is 6.54 Å². The molecular weight excluding hydrogens is 247 g/mol. The fourth-order valence-corrected chi connectivity index (χ4v) is 2.56. The molecule has 0 aliphatic heterocycles. The molecule has 4 heteroatoms. The topological polar surface area (TPSA) is 24.9 Å². The van der Waals surface area contributed by atoms with E-state index in [2.05, 4.69) is 9.69 Å². The van der Waals surface area contributed by atoms with Gasteiger partial charge in [-0.1, -0.05) is 24.3 Å². The fraction of sp³-hybridized carbons (Fsp3) is 0.0714. The largest absolute Gasteiger partial charge is 0.371 e. The van der Waals surface area contributed by atoms with Gasteiger partial charge in [-0.2, -0.15) is 4.37 Å². The molecule has 0 bridgehead atoms.